The highest BCUT2D eigenvalue weighted by Gasteiger charge is 2.27. The van der Waals surface area contributed by atoms with Gasteiger partial charge in [0.1, 0.15) is 0 Å². The number of aryl methyl sites for hydroxylation is 2. The van der Waals surface area contributed by atoms with Gasteiger partial charge in [0.05, 0.1) is 0 Å². The highest BCUT2D eigenvalue weighted by atomic mass is 32.1. The van der Waals surface area contributed by atoms with Gasteiger partial charge in [-0.25, -0.2) is 0 Å². The number of thiophene rings is 1. The Labute approximate surface area is 163 Å². The summed E-state index contributed by atoms with van der Waals surface area (Å²) in [6, 6.07) is 12.2. The second-order valence-corrected chi connectivity index (χ2v) is 8.09. The average molecular weight is 382 g/mol. The lowest BCUT2D eigenvalue weighted by Crippen LogP contribution is -2.38. The number of hydrogen-bond acceptors (Lipinski definition) is 5. The lowest BCUT2D eigenvalue weighted by Gasteiger charge is -2.30. The van der Waals surface area contributed by atoms with Crippen LogP contribution in [0.25, 0.3) is 11.4 Å². The van der Waals surface area contributed by atoms with E-state index in [1.54, 1.807) is 11.3 Å². The molecule has 0 atom stereocenters. The highest BCUT2D eigenvalue weighted by Crippen LogP contribution is 2.29. The maximum absolute atomic E-state index is 12.4. The minimum atomic E-state index is 0.234. The molecule has 0 radical (unpaired) electrons. The van der Waals surface area contributed by atoms with E-state index < -0.39 is 0 Å². The first-order valence-electron chi connectivity index (χ1n) is 9.40. The molecule has 6 heteroatoms. The molecule has 4 rings (SSSR count). The lowest BCUT2D eigenvalue weighted by molar-refractivity contribution is -0.132. The molecule has 0 bridgehead atoms. The number of piperidine rings is 1. The fourth-order valence-electron chi connectivity index (χ4n) is 3.44. The van der Waals surface area contributed by atoms with Gasteiger partial charge in [-0.15, -0.1) is 11.3 Å². The molecule has 5 nitrogen and oxygen atoms in total. The molecule has 1 aromatic carbocycles. The van der Waals surface area contributed by atoms with Crippen molar-refractivity contribution in [3.8, 4) is 11.4 Å². The van der Waals surface area contributed by atoms with E-state index >= 15 is 0 Å². The summed E-state index contributed by atoms with van der Waals surface area (Å²) in [6.45, 7) is 3.58. The highest BCUT2D eigenvalue weighted by molar-refractivity contribution is 7.09. The molecule has 1 amide bonds. The minimum Gasteiger partial charge on any atom is -0.343 e. The molecular weight excluding hydrogens is 358 g/mol. The first kappa shape index (κ1) is 17.9. The van der Waals surface area contributed by atoms with Crippen molar-refractivity contribution in [3.05, 3.63) is 58.1 Å². The maximum Gasteiger partial charge on any atom is 0.230 e. The predicted octanol–water partition coefficient (Wildman–Crippen LogP) is 4.45. The van der Waals surface area contributed by atoms with Gasteiger partial charge in [0.15, 0.2) is 0 Å². The first-order chi connectivity index (χ1) is 13.2. The van der Waals surface area contributed by atoms with Crippen molar-refractivity contribution in [2.24, 2.45) is 0 Å². The van der Waals surface area contributed by atoms with E-state index in [9.17, 15) is 4.79 Å². The van der Waals surface area contributed by atoms with E-state index in [-0.39, 0.29) is 11.8 Å². The fourth-order valence-corrected chi connectivity index (χ4v) is 4.15. The predicted molar refractivity (Wildman–Crippen MR) is 106 cm³/mol. The Morgan fingerprint density at radius 2 is 2.00 bits per heavy atom. The summed E-state index contributed by atoms with van der Waals surface area (Å²) in [5.41, 5.74) is 2.18. The Kier molecular flexibility index (Phi) is 5.34. The molecule has 0 aliphatic carbocycles. The monoisotopic (exact) mass is 381 g/mol. The quantitative estimate of drug-likeness (QED) is 0.655. The number of benzene rings is 1. The topological polar surface area (TPSA) is 59.2 Å². The summed E-state index contributed by atoms with van der Waals surface area (Å²) in [4.78, 5) is 20.3. The smallest absolute Gasteiger partial charge is 0.230 e. The Morgan fingerprint density at radius 3 is 2.70 bits per heavy atom. The van der Waals surface area contributed by atoms with Crippen molar-refractivity contribution in [2.75, 3.05) is 13.1 Å². The van der Waals surface area contributed by atoms with Crippen LogP contribution in [0.15, 0.2) is 46.3 Å². The first-order valence-corrected chi connectivity index (χ1v) is 10.3. The molecule has 1 fully saturated rings. The van der Waals surface area contributed by atoms with Gasteiger partial charge in [0.2, 0.25) is 17.6 Å². The molecule has 0 N–H and O–H groups in total. The van der Waals surface area contributed by atoms with E-state index in [1.165, 1.54) is 10.4 Å². The van der Waals surface area contributed by atoms with Crippen LogP contribution >= 0.6 is 11.3 Å². The zero-order valence-electron chi connectivity index (χ0n) is 15.4. The third kappa shape index (κ3) is 4.27. The Bertz CT molecular complexity index is 879. The van der Waals surface area contributed by atoms with Gasteiger partial charge >= 0.3 is 0 Å². The van der Waals surface area contributed by atoms with Crippen LogP contribution in [0.2, 0.25) is 0 Å². The van der Waals surface area contributed by atoms with E-state index in [0.717, 1.165) is 37.9 Å². The minimum absolute atomic E-state index is 0.234. The number of rotatable bonds is 5. The van der Waals surface area contributed by atoms with Crippen molar-refractivity contribution in [1.29, 1.82) is 0 Å². The zero-order chi connectivity index (χ0) is 18.6. The fraction of sp³-hybridized carbons (Fsp3) is 0.381. The number of amides is 1. The van der Waals surface area contributed by atoms with Crippen LogP contribution in [0.3, 0.4) is 0 Å². The number of nitrogens with zero attached hydrogens (tertiary/aromatic N) is 3. The molecule has 3 aromatic rings. The molecule has 1 aliphatic heterocycles. The third-order valence-corrected chi connectivity index (χ3v) is 6.05. The van der Waals surface area contributed by atoms with Gasteiger partial charge in [-0.3, -0.25) is 4.79 Å². The van der Waals surface area contributed by atoms with E-state index in [0.29, 0.717) is 18.1 Å². The number of carbonyl (C=O) groups is 1. The summed E-state index contributed by atoms with van der Waals surface area (Å²) in [7, 11) is 0. The summed E-state index contributed by atoms with van der Waals surface area (Å²) in [5, 5.41) is 6.19. The van der Waals surface area contributed by atoms with Crippen LogP contribution in [0, 0.1) is 6.92 Å². The lowest BCUT2D eigenvalue weighted by atomic mass is 9.96. The van der Waals surface area contributed by atoms with Crippen LogP contribution in [-0.4, -0.2) is 34.0 Å². The van der Waals surface area contributed by atoms with Crippen molar-refractivity contribution < 1.29 is 9.32 Å². The van der Waals surface area contributed by atoms with Gasteiger partial charge in [-0.05, 0) is 37.6 Å². The molecule has 0 unspecified atom stereocenters. The van der Waals surface area contributed by atoms with Gasteiger partial charge in [-0.1, -0.05) is 41.1 Å². The zero-order valence-corrected chi connectivity index (χ0v) is 16.2. The SMILES string of the molecule is Cc1ccc(-c2noc(C3CCN(C(=O)CCc4cccs4)CC3)n2)cc1. The Hall–Kier alpha value is -2.47. The van der Waals surface area contributed by atoms with E-state index in [4.69, 9.17) is 4.52 Å². The van der Waals surface area contributed by atoms with Crippen molar-refractivity contribution in [3.63, 3.8) is 0 Å². The number of likely N-dealkylation sites (tertiary alicyclic amines) is 1. The van der Waals surface area contributed by atoms with Crippen molar-refractivity contribution in [1.82, 2.24) is 15.0 Å². The van der Waals surface area contributed by atoms with Crippen LogP contribution in [0.5, 0.6) is 0 Å². The molecule has 1 aliphatic rings. The third-order valence-electron chi connectivity index (χ3n) is 5.11. The van der Waals surface area contributed by atoms with Gasteiger partial charge in [0.25, 0.3) is 0 Å². The van der Waals surface area contributed by atoms with Crippen LogP contribution in [0.1, 0.15) is 41.5 Å². The molecule has 2 aromatic heterocycles. The molecule has 3 heterocycles. The molecule has 1 saturated heterocycles. The molecule has 27 heavy (non-hydrogen) atoms. The summed E-state index contributed by atoms with van der Waals surface area (Å²) in [6.07, 6.45) is 3.17. The molecule has 0 spiro atoms. The molecule has 0 saturated carbocycles. The van der Waals surface area contributed by atoms with Gasteiger partial charge in [-0.2, -0.15) is 4.98 Å². The maximum atomic E-state index is 12.4. The standard InChI is InChI=1S/C21H23N3O2S/c1-15-4-6-16(7-5-15)20-22-21(26-23-20)17-10-12-24(13-11-17)19(25)9-8-18-3-2-14-27-18/h2-7,14,17H,8-13H2,1H3. The van der Waals surface area contributed by atoms with Gasteiger partial charge < -0.3 is 9.42 Å². The average Bonchev–Trinajstić information content (AvgIpc) is 3.39. The van der Waals surface area contributed by atoms with Crippen molar-refractivity contribution in [2.45, 2.75) is 38.5 Å². The summed E-state index contributed by atoms with van der Waals surface area (Å²) in [5.74, 6) is 1.81. The number of carbonyl (C=O) groups excluding carboxylic acids is 1. The number of hydrogen-bond donors (Lipinski definition) is 0. The number of aromatic nitrogens is 2. The largest absolute Gasteiger partial charge is 0.343 e. The summed E-state index contributed by atoms with van der Waals surface area (Å²) >= 11 is 1.71. The second kappa shape index (κ2) is 8.05. The normalized spacial score (nSPS) is 15.2. The van der Waals surface area contributed by atoms with Crippen LogP contribution in [-0.2, 0) is 11.2 Å². The van der Waals surface area contributed by atoms with Gasteiger partial charge in [0, 0.05) is 35.9 Å². The Morgan fingerprint density at radius 1 is 1.22 bits per heavy atom. The van der Waals surface area contributed by atoms with Crippen LogP contribution < -0.4 is 0 Å². The van der Waals surface area contributed by atoms with Crippen LogP contribution in [0.4, 0.5) is 0 Å². The van der Waals surface area contributed by atoms with E-state index in [1.807, 2.05) is 35.2 Å². The molecule has 140 valence electrons. The Balaban J connectivity index is 1.31. The van der Waals surface area contributed by atoms with Crippen molar-refractivity contribution >= 4 is 17.2 Å². The summed E-state index contributed by atoms with van der Waals surface area (Å²) < 4.78 is 5.52. The van der Waals surface area contributed by atoms with E-state index in [2.05, 4.69) is 28.5 Å². The molecular formula is C21H23N3O2S. The second-order valence-electron chi connectivity index (χ2n) is 7.06.